The number of imidazole rings is 1. The summed E-state index contributed by atoms with van der Waals surface area (Å²) in [5.41, 5.74) is 4.30. The highest BCUT2D eigenvalue weighted by Gasteiger charge is 2.07. The van der Waals surface area contributed by atoms with Gasteiger partial charge in [-0.25, -0.2) is 9.98 Å². The average molecular weight is 521 g/mol. The van der Waals surface area contributed by atoms with Gasteiger partial charge >= 0.3 is 0 Å². The number of pyridine rings is 1. The second-order valence-electron chi connectivity index (χ2n) is 7.35. The lowest BCUT2D eigenvalue weighted by atomic mass is 10.1. The molecule has 0 saturated heterocycles. The van der Waals surface area contributed by atoms with Crippen molar-refractivity contribution in [1.29, 1.82) is 0 Å². The molecule has 0 spiro atoms. The summed E-state index contributed by atoms with van der Waals surface area (Å²) < 4.78 is 8.01. The minimum absolute atomic E-state index is 0. The zero-order valence-corrected chi connectivity index (χ0v) is 20.5. The molecular weight excluding hydrogens is 489 g/mol. The second kappa shape index (κ2) is 11.8. The molecule has 0 amide bonds. The Morgan fingerprint density at radius 3 is 2.77 bits per heavy atom. The summed E-state index contributed by atoms with van der Waals surface area (Å²) in [6.45, 7) is 10.4. The molecule has 3 rings (SSSR count). The van der Waals surface area contributed by atoms with Gasteiger partial charge in [-0.3, -0.25) is 0 Å². The van der Waals surface area contributed by atoms with E-state index >= 15 is 0 Å². The number of ether oxygens (including phenoxy) is 1. The van der Waals surface area contributed by atoms with Gasteiger partial charge in [0.05, 0.1) is 18.3 Å². The summed E-state index contributed by atoms with van der Waals surface area (Å²) in [4.78, 5) is 9.39. The fourth-order valence-corrected chi connectivity index (χ4v) is 3.08. The first-order valence-corrected chi connectivity index (χ1v) is 10.3. The van der Waals surface area contributed by atoms with Crippen molar-refractivity contribution in [2.45, 2.75) is 46.8 Å². The highest BCUT2D eigenvalue weighted by atomic mass is 127. The highest BCUT2D eigenvalue weighted by molar-refractivity contribution is 14.0. The Labute approximate surface area is 196 Å². The van der Waals surface area contributed by atoms with E-state index in [4.69, 9.17) is 9.73 Å². The van der Waals surface area contributed by atoms with E-state index in [1.807, 2.05) is 42.6 Å². The number of nitrogens with zero attached hydrogens (tertiary/aromatic N) is 3. The number of hydrogen-bond acceptors (Lipinski definition) is 3. The smallest absolute Gasteiger partial charge is 0.191 e. The fourth-order valence-electron chi connectivity index (χ4n) is 3.08. The molecule has 0 fully saturated rings. The third-order valence-electron chi connectivity index (χ3n) is 4.42. The second-order valence-corrected chi connectivity index (χ2v) is 7.35. The number of guanidine groups is 1. The van der Waals surface area contributed by atoms with E-state index in [0.717, 1.165) is 48.1 Å². The van der Waals surface area contributed by atoms with Crippen molar-refractivity contribution >= 4 is 35.6 Å². The zero-order valence-electron chi connectivity index (χ0n) is 18.2. The van der Waals surface area contributed by atoms with Crippen molar-refractivity contribution in [1.82, 2.24) is 20.0 Å². The van der Waals surface area contributed by atoms with Crippen LogP contribution in [0.5, 0.6) is 5.75 Å². The van der Waals surface area contributed by atoms with Crippen molar-refractivity contribution in [3.63, 3.8) is 0 Å². The normalized spacial score (nSPS) is 11.4. The molecule has 30 heavy (non-hydrogen) atoms. The van der Waals surface area contributed by atoms with Crippen LogP contribution >= 0.6 is 24.0 Å². The van der Waals surface area contributed by atoms with Gasteiger partial charge in [0.2, 0.25) is 0 Å². The SMILES string of the molecule is CCNC(=NCc1ccc(C)cc1OC(C)C)NCCc1cn2ccccc2n1.I. The molecule has 0 aliphatic rings. The van der Waals surface area contributed by atoms with Crippen molar-refractivity contribution < 1.29 is 4.74 Å². The quantitative estimate of drug-likeness (QED) is 0.263. The van der Waals surface area contributed by atoms with Gasteiger partial charge in [0.25, 0.3) is 0 Å². The molecule has 7 heteroatoms. The van der Waals surface area contributed by atoms with Gasteiger partial charge in [-0.05, 0) is 51.5 Å². The fraction of sp³-hybridized carbons (Fsp3) is 0.391. The van der Waals surface area contributed by atoms with Crippen LogP contribution in [0.4, 0.5) is 0 Å². The molecule has 2 aromatic heterocycles. The molecule has 0 aliphatic heterocycles. The van der Waals surface area contributed by atoms with Crippen LogP contribution in [0.15, 0.2) is 53.8 Å². The van der Waals surface area contributed by atoms with Crippen LogP contribution in [0.3, 0.4) is 0 Å². The Morgan fingerprint density at radius 2 is 2.03 bits per heavy atom. The summed E-state index contributed by atoms with van der Waals surface area (Å²) >= 11 is 0. The van der Waals surface area contributed by atoms with Gasteiger partial charge in [-0.15, -0.1) is 24.0 Å². The first-order chi connectivity index (χ1) is 14.0. The number of halogens is 1. The Morgan fingerprint density at radius 1 is 1.20 bits per heavy atom. The van der Waals surface area contributed by atoms with E-state index in [1.54, 1.807) is 0 Å². The number of benzene rings is 1. The molecule has 2 heterocycles. The number of hydrogen-bond donors (Lipinski definition) is 2. The molecule has 0 aliphatic carbocycles. The van der Waals surface area contributed by atoms with Crippen LogP contribution in [0.25, 0.3) is 5.65 Å². The Balaban J connectivity index is 0.00000320. The van der Waals surface area contributed by atoms with Crippen LogP contribution in [0.2, 0.25) is 0 Å². The maximum atomic E-state index is 5.97. The van der Waals surface area contributed by atoms with Crippen molar-refractivity contribution in [3.05, 3.63) is 65.6 Å². The molecule has 6 nitrogen and oxygen atoms in total. The monoisotopic (exact) mass is 521 g/mol. The van der Waals surface area contributed by atoms with E-state index in [1.165, 1.54) is 5.56 Å². The van der Waals surface area contributed by atoms with Gasteiger partial charge in [-0.2, -0.15) is 0 Å². The molecular formula is C23H32IN5O. The number of aryl methyl sites for hydroxylation is 1. The standard InChI is InChI=1S/C23H31N5O.HI/c1-5-24-23(25-12-11-20-16-28-13-7-6-8-22(28)27-20)26-15-19-10-9-18(4)14-21(19)29-17(2)3;/h6-10,13-14,16-17H,5,11-12,15H2,1-4H3,(H2,24,25,26);1H. The lowest BCUT2D eigenvalue weighted by Gasteiger charge is -2.15. The van der Waals surface area contributed by atoms with Gasteiger partial charge < -0.3 is 19.8 Å². The van der Waals surface area contributed by atoms with Crippen molar-refractivity contribution in [2.75, 3.05) is 13.1 Å². The number of aromatic nitrogens is 2. The number of nitrogens with one attached hydrogen (secondary N) is 2. The predicted molar refractivity (Wildman–Crippen MR) is 134 cm³/mol. The molecule has 0 unspecified atom stereocenters. The summed E-state index contributed by atoms with van der Waals surface area (Å²) in [6, 6.07) is 12.3. The van der Waals surface area contributed by atoms with Crippen LogP contribution in [0.1, 0.15) is 37.6 Å². The number of rotatable bonds is 8. The molecule has 3 aromatic rings. The maximum Gasteiger partial charge on any atom is 0.191 e. The highest BCUT2D eigenvalue weighted by Crippen LogP contribution is 2.22. The van der Waals surface area contributed by atoms with Gasteiger partial charge in [-0.1, -0.05) is 18.2 Å². The third kappa shape index (κ3) is 6.90. The maximum absolute atomic E-state index is 5.97. The van der Waals surface area contributed by atoms with Crippen molar-refractivity contribution in [3.8, 4) is 5.75 Å². The lowest BCUT2D eigenvalue weighted by Crippen LogP contribution is -2.38. The van der Waals surface area contributed by atoms with E-state index in [2.05, 4.69) is 53.9 Å². The van der Waals surface area contributed by atoms with Gasteiger partial charge in [0.15, 0.2) is 5.96 Å². The molecule has 0 radical (unpaired) electrons. The third-order valence-corrected chi connectivity index (χ3v) is 4.42. The Hall–Kier alpha value is -2.29. The summed E-state index contributed by atoms with van der Waals surface area (Å²) in [6.07, 6.45) is 5.06. The lowest BCUT2D eigenvalue weighted by molar-refractivity contribution is 0.240. The van der Waals surface area contributed by atoms with Gasteiger partial charge in [0, 0.05) is 37.5 Å². The average Bonchev–Trinajstić information content (AvgIpc) is 3.09. The van der Waals surface area contributed by atoms with E-state index < -0.39 is 0 Å². The molecule has 1 aromatic carbocycles. The van der Waals surface area contributed by atoms with Crippen molar-refractivity contribution in [2.24, 2.45) is 4.99 Å². The van der Waals surface area contributed by atoms with E-state index in [9.17, 15) is 0 Å². The Kier molecular flexibility index (Phi) is 9.42. The van der Waals surface area contributed by atoms with Crippen LogP contribution < -0.4 is 15.4 Å². The summed E-state index contributed by atoms with van der Waals surface area (Å²) in [5, 5.41) is 6.71. The first-order valence-electron chi connectivity index (χ1n) is 10.3. The summed E-state index contributed by atoms with van der Waals surface area (Å²) in [7, 11) is 0. The number of fused-ring (bicyclic) bond motifs is 1. The minimum Gasteiger partial charge on any atom is -0.491 e. The van der Waals surface area contributed by atoms with Crippen LogP contribution in [0, 0.1) is 6.92 Å². The molecule has 2 N–H and O–H groups in total. The first kappa shape index (κ1) is 24.0. The largest absolute Gasteiger partial charge is 0.491 e. The van der Waals surface area contributed by atoms with E-state index in [-0.39, 0.29) is 30.1 Å². The molecule has 0 bridgehead atoms. The molecule has 0 saturated carbocycles. The topological polar surface area (TPSA) is 63.0 Å². The summed E-state index contributed by atoms with van der Waals surface area (Å²) in [5.74, 6) is 1.71. The number of aliphatic imine (C=N–C) groups is 1. The molecule has 0 atom stereocenters. The zero-order chi connectivity index (χ0) is 20.6. The minimum atomic E-state index is 0. The van der Waals surface area contributed by atoms with E-state index in [0.29, 0.717) is 6.54 Å². The van der Waals surface area contributed by atoms with Crippen LogP contribution in [-0.4, -0.2) is 34.5 Å². The predicted octanol–water partition coefficient (Wildman–Crippen LogP) is 4.35. The van der Waals surface area contributed by atoms with Crippen LogP contribution in [-0.2, 0) is 13.0 Å². The molecule has 162 valence electrons. The van der Waals surface area contributed by atoms with Gasteiger partial charge in [0.1, 0.15) is 11.4 Å². The Bertz CT molecular complexity index is 934.